The predicted octanol–water partition coefficient (Wildman–Crippen LogP) is 5.53. The number of hydrogen-bond donors (Lipinski definition) is 0. The Labute approximate surface area is 150 Å². The maximum absolute atomic E-state index is 2.58. The van der Waals surface area contributed by atoms with Crippen LogP contribution in [0.4, 0.5) is 0 Å². The molecule has 0 N–H and O–H groups in total. The molecule has 1 nitrogen and oxygen atoms in total. The summed E-state index contributed by atoms with van der Waals surface area (Å²) in [6, 6.07) is 24.1. The average molecular weight is 327 g/mol. The van der Waals surface area contributed by atoms with E-state index in [2.05, 4.69) is 85.5 Å². The highest BCUT2D eigenvalue weighted by Gasteiger charge is 2.22. The number of rotatable bonds is 3. The molecule has 0 bridgehead atoms. The molecular weight excluding hydrogens is 302 g/mol. The first kappa shape index (κ1) is 16.1. The normalized spacial score (nSPS) is 14.3. The van der Waals surface area contributed by atoms with Crippen LogP contribution in [0.25, 0.3) is 11.1 Å². The minimum Gasteiger partial charge on any atom is -0.294 e. The lowest BCUT2D eigenvalue weighted by molar-refractivity contribution is 0.246. The Morgan fingerprint density at radius 3 is 2.28 bits per heavy atom. The first-order valence-electron chi connectivity index (χ1n) is 9.16. The second-order valence-electron chi connectivity index (χ2n) is 7.14. The summed E-state index contributed by atoms with van der Waals surface area (Å²) in [6.07, 6.45) is 1.14. The highest BCUT2D eigenvalue weighted by atomic mass is 15.1. The van der Waals surface area contributed by atoms with Gasteiger partial charge in [0.25, 0.3) is 0 Å². The Morgan fingerprint density at radius 2 is 1.56 bits per heavy atom. The van der Waals surface area contributed by atoms with E-state index >= 15 is 0 Å². The van der Waals surface area contributed by atoms with Gasteiger partial charge in [-0.2, -0.15) is 0 Å². The molecule has 0 atom stereocenters. The van der Waals surface area contributed by atoms with E-state index in [1.54, 1.807) is 0 Å². The zero-order valence-electron chi connectivity index (χ0n) is 15.1. The van der Waals surface area contributed by atoms with Gasteiger partial charge in [-0.15, -0.1) is 0 Å². The SMILES string of the molecule is Cc1cc2c(c(-c3ccccc3)c1C)CN(Cc1ccccc1)CC2. The van der Waals surface area contributed by atoms with E-state index in [0.717, 1.165) is 26.1 Å². The van der Waals surface area contributed by atoms with Crippen LogP contribution in [-0.4, -0.2) is 11.4 Å². The third kappa shape index (κ3) is 3.25. The van der Waals surface area contributed by atoms with E-state index in [0.29, 0.717) is 0 Å². The summed E-state index contributed by atoms with van der Waals surface area (Å²) < 4.78 is 0. The molecule has 1 aliphatic heterocycles. The largest absolute Gasteiger partial charge is 0.294 e. The summed E-state index contributed by atoms with van der Waals surface area (Å²) in [5.41, 5.74) is 10.1. The van der Waals surface area contributed by atoms with Crippen molar-refractivity contribution in [3.8, 4) is 11.1 Å². The summed E-state index contributed by atoms with van der Waals surface area (Å²) in [5, 5.41) is 0. The lowest BCUT2D eigenvalue weighted by Gasteiger charge is -2.32. The lowest BCUT2D eigenvalue weighted by atomic mass is 9.85. The van der Waals surface area contributed by atoms with Crippen LogP contribution in [0, 0.1) is 13.8 Å². The number of aryl methyl sites for hydroxylation is 1. The third-order valence-corrected chi connectivity index (χ3v) is 5.44. The first-order chi connectivity index (χ1) is 12.2. The van der Waals surface area contributed by atoms with Gasteiger partial charge in [-0.1, -0.05) is 66.7 Å². The number of fused-ring (bicyclic) bond motifs is 1. The molecule has 25 heavy (non-hydrogen) atoms. The second kappa shape index (κ2) is 6.85. The molecule has 4 rings (SSSR count). The predicted molar refractivity (Wildman–Crippen MR) is 106 cm³/mol. The Hall–Kier alpha value is -2.38. The average Bonchev–Trinajstić information content (AvgIpc) is 2.65. The summed E-state index contributed by atoms with van der Waals surface area (Å²) in [5.74, 6) is 0. The van der Waals surface area contributed by atoms with Gasteiger partial charge in [-0.3, -0.25) is 4.90 Å². The van der Waals surface area contributed by atoms with Crippen LogP contribution in [0.15, 0.2) is 66.7 Å². The van der Waals surface area contributed by atoms with Crippen molar-refractivity contribution < 1.29 is 0 Å². The molecule has 0 saturated heterocycles. The molecule has 0 fully saturated rings. The molecule has 0 unspecified atom stereocenters. The van der Waals surface area contributed by atoms with Crippen molar-refractivity contribution >= 4 is 0 Å². The minimum atomic E-state index is 1.03. The molecule has 0 amide bonds. The zero-order valence-corrected chi connectivity index (χ0v) is 15.1. The van der Waals surface area contributed by atoms with Crippen molar-refractivity contribution in [2.24, 2.45) is 0 Å². The number of benzene rings is 3. The molecule has 0 saturated carbocycles. The van der Waals surface area contributed by atoms with E-state index in [4.69, 9.17) is 0 Å². The van der Waals surface area contributed by atoms with E-state index in [-0.39, 0.29) is 0 Å². The van der Waals surface area contributed by atoms with Crippen LogP contribution in [0.3, 0.4) is 0 Å². The monoisotopic (exact) mass is 327 g/mol. The smallest absolute Gasteiger partial charge is 0.0246 e. The van der Waals surface area contributed by atoms with Crippen molar-refractivity contribution in [3.63, 3.8) is 0 Å². The summed E-state index contributed by atoms with van der Waals surface area (Å²) in [4.78, 5) is 2.58. The summed E-state index contributed by atoms with van der Waals surface area (Å²) >= 11 is 0. The standard InChI is InChI=1S/C24H25N/c1-18-15-22-13-14-25(16-20-9-5-3-6-10-20)17-23(22)24(19(18)2)21-11-7-4-8-12-21/h3-12,15H,13-14,16-17H2,1-2H3. The molecule has 1 heterocycles. The molecule has 1 heteroatoms. The molecule has 3 aromatic carbocycles. The van der Waals surface area contributed by atoms with Crippen LogP contribution in [-0.2, 0) is 19.5 Å². The summed E-state index contributed by atoms with van der Waals surface area (Å²) in [6.45, 7) is 7.72. The molecule has 0 radical (unpaired) electrons. The van der Waals surface area contributed by atoms with Crippen molar-refractivity contribution in [2.75, 3.05) is 6.54 Å². The van der Waals surface area contributed by atoms with Gasteiger partial charge in [0.05, 0.1) is 0 Å². The molecule has 3 aromatic rings. The van der Waals surface area contributed by atoms with E-state index < -0.39 is 0 Å². The minimum absolute atomic E-state index is 1.03. The maximum atomic E-state index is 2.58. The first-order valence-corrected chi connectivity index (χ1v) is 9.16. The van der Waals surface area contributed by atoms with Gasteiger partial charge in [0.1, 0.15) is 0 Å². The van der Waals surface area contributed by atoms with Crippen LogP contribution < -0.4 is 0 Å². The van der Waals surface area contributed by atoms with E-state index in [9.17, 15) is 0 Å². The van der Waals surface area contributed by atoms with Crippen molar-refractivity contribution in [1.29, 1.82) is 0 Å². The molecule has 126 valence electrons. The Bertz CT molecular complexity index is 866. The van der Waals surface area contributed by atoms with Crippen LogP contribution in [0.2, 0.25) is 0 Å². The lowest BCUT2D eigenvalue weighted by Crippen LogP contribution is -2.30. The Kier molecular flexibility index (Phi) is 4.42. The molecule has 0 aliphatic carbocycles. The van der Waals surface area contributed by atoms with Gasteiger partial charge in [-0.05, 0) is 59.2 Å². The second-order valence-corrected chi connectivity index (χ2v) is 7.14. The van der Waals surface area contributed by atoms with Gasteiger partial charge < -0.3 is 0 Å². The topological polar surface area (TPSA) is 3.24 Å². The van der Waals surface area contributed by atoms with Crippen LogP contribution >= 0.6 is 0 Å². The van der Waals surface area contributed by atoms with Crippen molar-refractivity contribution in [2.45, 2.75) is 33.4 Å². The molecule has 0 aromatic heterocycles. The Balaban J connectivity index is 1.72. The van der Waals surface area contributed by atoms with Gasteiger partial charge in [-0.25, -0.2) is 0 Å². The number of nitrogens with zero attached hydrogens (tertiary/aromatic N) is 1. The van der Waals surface area contributed by atoms with Crippen LogP contribution in [0.1, 0.15) is 27.8 Å². The molecule has 1 aliphatic rings. The van der Waals surface area contributed by atoms with E-state index in [1.807, 2.05) is 0 Å². The highest BCUT2D eigenvalue weighted by Crippen LogP contribution is 2.35. The van der Waals surface area contributed by atoms with Crippen molar-refractivity contribution in [3.05, 3.63) is 94.5 Å². The fourth-order valence-electron chi connectivity index (χ4n) is 4.00. The quantitative estimate of drug-likeness (QED) is 0.611. The fraction of sp³-hybridized carbons (Fsp3) is 0.250. The van der Waals surface area contributed by atoms with Gasteiger partial charge in [0, 0.05) is 19.6 Å². The maximum Gasteiger partial charge on any atom is 0.0246 e. The van der Waals surface area contributed by atoms with Crippen molar-refractivity contribution in [1.82, 2.24) is 4.90 Å². The third-order valence-electron chi connectivity index (χ3n) is 5.44. The molecule has 0 spiro atoms. The number of hydrogen-bond acceptors (Lipinski definition) is 1. The van der Waals surface area contributed by atoms with Gasteiger partial charge in [0.2, 0.25) is 0 Å². The van der Waals surface area contributed by atoms with Gasteiger partial charge >= 0.3 is 0 Å². The van der Waals surface area contributed by atoms with Crippen LogP contribution in [0.5, 0.6) is 0 Å². The zero-order chi connectivity index (χ0) is 17.2. The summed E-state index contributed by atoms with van der Waals surface area (Å²) in [7, 11) is 0. The van der Waals surface area contributed by atoms with E-state index in [1.165, 1.54) is 38.9 Å². The van der Waals surface area contributed by atoms with Gasteiger partial charge in [0.15, 0.2) is 0 Å². The molecular formula is C24H25N. The highest BCUT2D eigenvalue weighted by molar-refractivity contribution is 5.74. The Morgan fingerprint density at radius 1 is 0.880 bits per heavy atom. The fourth-order valence-corrected chi connectivity index (χ4v) is 4.00.